The molecule has 1 aromatic rings. The van der Waals surface area contributed by atoms with E-state index in [0.717, 1.165) is 9.21 Å². The number of nitrogens with two attached hydrogens (primary N) is 1. The second kappa shape index (κ2) is 7.43. The summed E-state index contributed by atoms with van der Waals surface area (Å²) in [6.07, 6.45) is -0.517. The first-order valence-corrected chi connectivity index (χ1v) is 7.03. The number of ether oxygens (including phenoxy) is 1. The third kappa shape index (κ3) is 4.50. The summed E-state index contributed by atoms with van der Waals surface area (Å²) in [6.45, 7) is 2.79. The smallest absolute Gasteiger partial charge is 0.0931 e. The van der Waals surface area contributed by atoms with Crippen LogP contribution in [0.5, 0.6) is 0 Å². The fourth-order valence-electron chi connectivity index (χ4n) is 2.06. The normalized spacial score (nSPS) is 16.8. The molecule has 0 bridgehead atoms. The molecule has 0 saturated carbocycles. The van der Waals surface area contributed by atoms with Crippen molar-refractivity contribution < 1.29 is 9.84 Å². The topological polar surface area (TPSA) is 58.7 Å². The minimum Gasteiger partial charge on any atom is -0.389 e. The second-order valence-corrected chi connectivity index (χ2v) is 6.24. The van der Waals surface area contributed by atoms with Gasteiger partial charge in [-0.15, -0.1) is 11.3 Å². The van der Waals surface area contributed by atoms with Gasteiger partial charge in [-0.05, 0) is 26.1 Å². The molecule has 1 rings (SSSR count). The molecule has 0 fully saturated rings. The van der Waals surface area contributed by atoms with Crippen molar-refractivity contribution in [1.29, 1.82) is 0 Å². The van der Waals surface area contributed by atoms with Crippen molar-refractivity contribution in [3.63, 3.8) is 0 Å². The average Bonchev–Trinajstić information content (AvgIpc) is 2.64. The number of hydrogen-bond acceptors (Lipinski definition) is 5. The van der Waals surface area contributed by atoms with Crippen molar-refractivity contribution >= 4 is 22.9 Å². The molecule has 0 aliphatic rings. The number of nitrogens with zero attached hydrogens (tertiary/aromatic N) is 1. The van der Waals surface area contributed by atoms with E-state index < -0.39 is 6.10 Å². The number of halogens is 1. The van der Waals surface area contributed by atoms with Crippen LogP contribution < -0.4 is 5.73 Å². The lowest BCUT2D eigenvalue weighted by molar-refractivity contribution is 0.0321. The predicted molar refractivity (Wildman–Crippen MR) is 76.2 cm³/mol. The number of methoxy groups -OCH3 is 1. The molecule has 1 heterocycles. The Morgan fingerprint density at radius 1 is 1.56 bits per heavy atom. The maximum absolute atomic E-state index is 9.77. The summed E-state index contributed by atoms with van der Waals surface area (Å²) in [5.74, 6) is 0. The molecule has 18 heavy (non-hydrogen) atoms. The van der Waals surface area contributed by atoms with E-state index in [1.807, 2.05) is 31.0 Å². The van der Waals surface area contributed by atoms with Gasteiger partial charge in [0.05, 0.1) is 23.1 Å². The predicted octanol–water partition coefficient (Wildman–Crippen LogP) is 1.73. The summed E-state index contributed by atoms with van der Waals surface area (Å²) >= 11 is 7.48. The van der Waals surface area contributed by atoms with Crippen LogP contribution in [-0.4, -0.2) is 49.5 Å². The molecule has 3 unspecified atom stereocenters. The van der Waals surface area contributed by atoms with Gasteiger partial charge in [0.2, 0.25) is 0 Å². The molecule has 1 aromatic heterocycles. The second-order valence-electron chi connectivity index (χ2n) is 4.49. The van der Waals surface area contributed by atoms with Crippen LogP contribution in [0.15, 0.2) is 12.1 Å². The van der Waals surface area contributed by atoms with Gasteiger partial charge in [-0.1, -0.05) is 11.6 Å². The van der Waals surface area contributed by atoms with Gasteiger partial charge in [0.15, 0.2) is 0 Å². The highest BCUT2D eigenvalue weighted by molar-refractivity contribution is 7.16. The monoisotopic (exact) mass is 292 g/mol. The minimum absolute atomic E-state index is 0.0422. The quantitative estimate of drug-likeness (QED) is 0.803. The fraction of sp³-hybridized carbons (Fsp3) is 0.667. The van der Waals surface area contributed by atoms with Crippen LogP contribution in [0.25, 0.3) is 0 Å². The summed E-state index contributed by atoms with van der Waals surface area (Å²) in [7, 11) is 3.52. The standard InChI is InChI=1S/C12H21ClN2O2S/c1-8(14)12(10-4-5-11(13)18-10)15(2)6-9(16)7-17-3/h4-5,8-9,12,16H,6-7,14H2,1-3H3. The third-order valence-corrected chi connectivity index (χ3v) is 4.02. The Morgan fingerprint density at radius 3 is 2.67 bits per heavy atom. The SMILES string of the molecule is COCC(O)CN(C)C(c1ccc(Cl)s1)C(C)N. The summed E-state index contributed by atoms with van der Waals surface area (Å²) in [4.78, 5) is 3.15. The Bertz CT molecular complexity index is 360. The Hall–Kier alpha value is -0.170. The van der Waals surface area contributed by atoms with Gasteiger partial charge >= 0.3 is 0 Å². The number of aliphatic hydroxyl groups excluding tert-OH is 1. The molecule has 0 saturated heterocycles. The van der Waals surface area contributed by atoms with Crippen LogP contribution in [0.3, 0.4) is 0 Å². The molecule has 3 atom stereocenters. The van der Waals surface area contributed by atoms with Gasteiger partial charge in [0.25, 0.3) is 0 Å². The van der Waals surface area contributed by atoms with E-state index in [0.29, 0.717) is 13.2 Å². The first-order chi connectivity index (χ1) is 8.45. The largest absolute Gasteiger partial charge is 0.389 e. The van der Waals surface area contributed by atoms with Crippen molar-refractivity contribution in [3.8, 4) is 0 Å². The molecular weight excluding hydrogens is 272 g/mol. The highest BCUT2D eigenvalue weighted by Crippen LogP contribution is 2.31. The lowest BCUT2D eigenvalue weighted by atomic mass is 10.1. The van der Waals surface area contributed by atoms with Crippen molar-refractivity contribution in [2.75, 3.05) is 27.3 Å². The molecule has 6 heteroatoms. The molecule has 4 nitrogen and oxygen atoms in total. The molecule has 3 N–H and O–H groups in total. The third-order valence-electron chi connectivity index (χ3n) is 2.72. The maximum Gasteiger partial charge on any atom is 0.0931 e. The van der Waals surface area contributed by atoms with E-state index in [1.165, 1.54) is 11.3 Å². The Kier molecular flexibility index (Phi) is 6.55. The Labute approximate surface area is 117 Å². The van der Waals surface area contributed by atoms with Crippen molar-refractivity contribution in [3.05, 3.63) is 21.3 Å². The van der Waals surface area contributed by atoms with E-state index in [1.54, 1.807) is 7.11 Å². The molecular formula is C12H21ClN2O2S. The summed E-state index contributed by atoms with van der Waals surface area (Å²) < 4.78 is 5.68. The van der Waals surface area contributed by atoms with Crippen LogP contribution in [0.1, 0.15) is 17.8 Å². The van der Waals surface area contributed by atoms with Crippen LogP contribution in [-0.2, 0) is 4.74 Å². The van der Waals surface area contributed by atoms with Gasteiger partial charge in [0.1, 0.15) is 0 Å². The molecule has 0 radical (unpaired) electrons. The van der Waals surface area contributed by atoms with Gasteiger partial charge in [-0.2, -0.15) is 0 Å². The number of hydrogen-bond donors (Lipinski definition) is 2. The van der Waals surface area contributed by atoms with Gasteiger partial charge < -0.3 is 15.6 Å². The number of likely N-dealkylation sites (N-methyl/N-ethyl adjacent to an activating group) is 1. The highest BCUT2D eigenvalue weighted by Gasteiger charge is 2.24. The Balaban J connectivity index is 2.73. The lowest BCUT2D eigenvalue weighted by Crippen LogP contribution is -2.41. The molecule has 0 aliphatic carbocycles. The zero-order valence-corrected chi connectivity index (χ0v) is 12.5. The average molecular weight is 293 g/mol. The first-order valence-electron chi connectivity index (χ1n) is 5.83. The number of thiophene rings is 1. The van der Waals surface area contributed by atoms with Crippen LogP contribution in [0, 0.1) is 0 Å². The summed E-state index contributed by atoms with van der Waals surface area (Å²) in [6, 6.07) is 3.87. The van der Waals surface area contributed by atoms with E-state index in [2.05, 4.69) is 0 Å². The fourth-order valence-corrected chi connectivity index (χ4v) is 3.40. The molecule has 0 spiro atoms. The number of aliphatic hydroxyl groups is 1. The lowest BCUT2D eigenvalue weighted by Gasteiger charge is -2.31. The zero-order valence-electron chi connectivity index (χ0n) is 11.0. The Morgan fingerprint density at radius 2 is 2.22 bits per heavy atom. The van der Waals surface area contributed by atoms with Crippen LogP contribution >= 0.6 is 22.9 Å². The van der Waals surface area contributed by atoms with E-state index in [-0.39, 0.29) is 12.1 Å². The first kappa shape index (κ1) is 15.9. The number of rotatable bonds is 7. The van der Waals surface area contributed by atoms with Crippen LogP contribution in [0.2, 0.25) is 4.34 Å². The van der Waals surface area contributed by atoms with Gasteiger partial charge in [-0.25, -0.2) is 0 Å². The minimum atomic E-state index is -0.517. The van der Waals surface area contributed by atoms with E-state index in [4.69, 9.17) is 22.1 Å². The van der Waals surface area contributed by atoms with E-state index >= 15 is 0 Å². The summed E-state index contributed by atoms with van der Waals surface area (Å²) in [5.41, 5.74) is 6.04. The van der Waals surface area contributed by atoms with Gasteiger partial charge in [0, 0.05) is 24.6 Å². The van der Waals surface area contributed by atoms with Crippen molar-refractivity contribution in [2.24, 2.45) is 5.73 Å². The zero-order chi connectivity index (χ0) is 13.7. The van der Waals surface area contributed by atoms with E-state index in [9.17, 15) is 5.11 Å². The van der Waals surface area contributed by atoms with Crippen molar-refractivity contribution in [2.45, 2.75) is 25.1 Å². The molecule has 0 aromatic carbocycles. The van der Waals surface area contributed by atoms with Gasteiger partial charge in [-0.3, -0.25) is 4.90 Å². The molecule has 0 amide bonds. The van der Waals surface area contributed by atoms with Crippen LogP contribution in [0.4, 0.5) is 0 Å². The van der Waals surface area contributed by atoms with Crippen molar-refractivity contribution in [1.82, 2.24) is 4.90 Å². The highest BCUT2D eigenvalue weighted by atomic mass is 35.5. The maximum atomic E-state index is 9.77. The summed E-state index contributed by atoms with van der Waals surface area (Å²) in [5, 5.41) is 9.77. The molecule has 104 valence electrons. The molecule has 0 aliphatic heterocycles.